The van der Waals surface area contributed by atoms with Crippen LogP contribution in [0.5, 0.6) is 0 Å². The monoisotopic (exact) mass is 112 g/mol. The standard InChI is InChI=1S/C6H12Si/c1-7-6-4-2-3-5-6/h6H,2-5H2,1H3. The smallest absolute Gasteiger partial charge is 0.0378 e. The highest BCUT2D eigenvalue weighted by molar-refractivity contribution is 6.35. The van der Waals surface area contributed by atoms with E-state index in [2.05, 4.69) is 6.55 Å². The third-order valence-corrected chi connectivity index (χ3v) is 3.16. The molecule has 1 fully saturated rings. The zero-order valence-electron chi connectivity index (χ0n) is 4.91. The van der Waals surface area contributed by atoms with Gasteiger partial charge < -0.3 is 0 Å². The molecule has 0 aliphatic heterocycles. The summed E-state index contributed by atoms with van der Waals surface area (Å²) in [4.78, 5) is 0. The molecule has 1 rings (SSSR count). The Labute approximate surface area is 48.1 Å². The molecule has 0 unspecified atom stereocenters. The first kappa shape index (κ1) is 5.36. The summed E-state index contributed by atoms with van der Waals surface area (Å²) in [6.07, 6.45) is 6.06. The molecule has 0 bridgehead atoms. The van der Waals surface area contributed by atoms with Crippen LogP contribution in [0, 0.1) is 0 Å². The average Bonchev–Trinajstić information content (AvgIpc) is 2.14. The van der Waals surface area contributed by atoms with Crippen LogP contribution in [-0.2, 0) is 0 Å². The summed E-state index contributed by atoms with van der Waals surface area (Å²) in [5, 5.41) is 0. The van der Waals surface area contributed by atoms with E-state index < -0.39 is 0 Å². The minimum Gasteiger partial charge on any atom is -0.0731 e. The predicted octanol–water partition coefficient (Wildman–Crippen LogP) is 2.10. The third kappa shape index (κ3) is 1.30. The summed E-state index contributed by atoms with van der Waals surface area (Å²) < 4.78 is 0. The molecule has 40 valence electrons. The second kappa shape index (κ2) is 2.51. The number of hydrogen-bond donors (Lipinski definition) is 0. The Bertz CT molecular complexity index is 46.1. The van der Waals surface area contributed by atoms with Gasteiger partial charge in [-0.15, -0.1) is 0 Å². The molecule has 0 amide bonds. The van der Waals surface area contributed by atoms with Crippen LogP contribution in [0.4, 0.5) is 0 Å². The molecule has 1 aliphatic carbocycles. The van der Waals surface area contributed by atoms with Gasteiger partial charge in [0.05, 0.1) is 0 Å². The summed E-state index contributed by atoms with van der Waals surface area (Å²) in [7, 11) is 1.21. The molecule has 2 radical (unpaired) electrons. The van der Waals surface area contributed by atoms with Gasteiger partial charge in [-0.25, -0.2) is 0 Å². The fraction of sp³-hybridized carbons (Fsp3) is 1.00. The van der Waals surface area contributed by atoms with Crippen LogP contribution < -0.4 is 0 Å². The first-order chi connectivity index (χ1) is 3.43. The molecule has 1 saturated carbocycles. The zero-order chi connectivity index (χ0) is 5.11. The third-order valence-electron chi connectivity index (χ3n) is 1.76. The van der Waals surface area contributed by atoms with Gasteiger partial charge in [0.1, 0.15) is 0 Å². The van der Waals surface area contributed by atoms with Crippen molar-refractivity contribution >= 4 is 9.52 Å². The minimum absolute atomic E-state index is 1.12. The summed E-state index contributed by atoms with van der Waals surface area (Å²) in [6.45, 7) is 2.33. The highest BCUT2D eigenvalue weighted by Gasteiger charge is 2.11. The van der Waals surface area contributed by atoms with Crippen molar-refractivity contribution < 1.29 is 0 Å². The molecule has 0 N–H and O–H groups in total. The summed E-state index contributed by atoms with van der Waals surface area (Å²) in [6, 6.07) is 0. The molecule has 0 spiro atoms. The van der Waals surface area contributed by atoms with Crippen LogP contribution in [0.2, 0.25) is 12.1 Å². The predicted molar refractivity (Wildman–Crippen MR) is 33.8 cm³/mol. The van der Waals surface area contributed by atoms with E-state index in [9.17, 15) is 0 Å². The van der Waals surface area contributed by atoms with Gasteiger partial charge in [-0.3, -0.25) is 0 Å². The average molecular weight is 112 g/mol. The normalized spacial score (nSPS) is 23.6. The van der Waals surface area contributed by atoms with Gasteiger partial charge in [-0.05, 0) is 5.54 Å². The summed E-state index contributed by atoms with van der Waals surface area (Å²) in [5.74, 6) is 0. The Balaban J connectivity index is 2.14. The van der Waals surface area contributed by atoms with Gasteiger partial charge in [-0.2, -0.15) is 0 Å². The quantitative estimate of drug-likeness (QED) is 0.456. The molecule has 0 aromatic heterocycles. The molecule has 0 atom stereocenters. The van der Waals surface area contributed by atoms with E-state index in [1.807, 2.05) is 0 Å². The molecule has 0 aromatic carbocycles. The lowest BCUT2D eigenvalue weighted by atomic mass is 10.4. The Morgan fingerprint density at radius 3 is 2.14 bits per heavy atom. The van der Waals surface area contributed by atoms with E-state index in [1.165, 1.54) is 35.2 Å². The molecule has 0 heterocycles. The Morgan fingerprint density at radius 2 is 1.86 bits per heavy atom. The maximum absolute atomic E-state index is 2.33. The molecular formula is C6H12Si. The van der Waals surface area contributed by atoms with Gasteiger partial charge in [0.15, 0.2) is 0 Å². The van der Waals surface area contributed by atoms with Crippen molar-refractivity contribution in [1.29, 1.82) is 0 Å². The lowest BCUT2D eigenvalue weighted by molar-refractivity contribution is 0.869. The maximum Gasteiger partial charge on any atom is 0.0378 e. The highest BCUT2D eigenvalue weighted by atomic mass is 28.2. The van der Waals surface area contributed by atoms with E-state index in [1.54, 1.807) is 0 Å². The Hall–Kier alpha value is 0.217. The van der Waals surface area contributed by atoms with Crippen LogP contribution in [0.25, 0.3) is 0 Å². The van der Waals surface area contributed by atoms with Crippen molar-refractivity contribution in [2.45, 2.75) is 37.8 Å². The Morgan fingerprint density at radius 1 is 1.29 bits per heavy atom. The van der Waals surface area contributed by atoms with E-state index in [0.29, 0.717) is 0 Å². The molecule has 0 aromatic rings. The van der Waals surface area contributed by atoms with Crippen LogP contribution in [0.1, 0.15) is 25.7 Å². The fourth-order valence-corrected chi connectivity index (χ4v) is 2.20. The van der Waals surface area contributed by atoms with Crippen LogP contribution in [0.15, 0.2) is 0 Å². The van der Waals surface area contributed by atoms with Gasteiger partial charge in [-0.1, -0.05) is 32.2 Å². The zero-order valence-corrected chi connectivity index (χ0v) is 5.91. The Kier molecular flexibility index (Phi) is 1.92. The van der Waals surface area contributed by atoms with Crippen molar-refractivity contribution in [1.82, 2.24) is 0 Å². The van der Waals surface area contributed by atoms with Crippen LogP contribution in [-0.4, -0.2) is 9.52 Å². The first-order valence-electron chi connectivity index (χ1n) is 3.11. The van der Waals surface area contributed by atoms with Crippen molar-refractivity contribution in [2.24, 2.45) is 0 Å². The van der Waals surface area contributed by atoms with Crippen molar-refractivity contribution in [3.05, 3.63) is 0 Å². The highest BCUT2D eigenvalue weighted by Crippen LogP contribution is 2.28. The van der Waals surface area contributed by atoms with Crippen molar-refractivity contribution in [2.75, 3.05) is 0 Å². The molecule has 7 heavy (non-hydrogen) atoms. The molecule has 1 aliphatic rings. The van der Waals surface area contributed by atoms with E-state index in [-0.39, 0.29) is 0 Å². The summed E-state index contributed by atoms with van der Waals surface area (Å²) >= 11 is 0. The topological polar surface area (TPSA) is 0 Å². The second-order valence-corrected chi connectivity index (χ2v) is 3.66. The first-order valence-corrected chi connectivity index (χ1v) is 4.68. The number of hydrogen-bond acceptors (Lipinski definition) is 0. The van der Waals surface area contributed by atoms with Crippen molar-refractivity contribution in [3.63, 3.8) is 0 Å². The van der Waals surface area contributed by atoms with Gasteiger partial charge in [0, 0.05) is 9.52 Å². The maximum atomic E-state index is 2.33. The van der Waals surface area contributed by atoms with E-state index in [0.717, 1.165) is 5.54 Å². The van der Waals surface area contributed by atoms with Crippen molar-refractivity contribution in [3.8, 4) is 0 Å². The summed E-state index contributed by atoms with van der Waals surface area (Å²) in [5.41, 5.74) is 1.12. The minimum atomic E-state index is 1.12. The SMILES string of the molecule is C[Si]C1CCCC1. The molecule has 0 nitrogen and oxygen atoms in total. The van der Waals surface area contributed by atoms with E-state index >= 15 is 0 Å². The molecular weight excluding hydrogens is 100 g/mol. The van der Waals surface area contributed by atoms with Crippen LogP contribution in [0.3, 0.4) is 0 Å². The van der Waals surface area contributed by atoms with Gasteiger partial charge in [0.25, 0.3) is 0 Å². The van der Waals surface area contributed by atoms with E-state index in [4.69, 9.17) is 0 Å². The molecule has 1 heteroatoms. The largest absolute Gasteiger partial charge is 0.0731 e. The van der Waals surface area contributed by atoms with Crippen LogP contribution >= 0.6 is 0 Å². The van der Waals surface area contributed by atoms with Gasteiger partial charge >= 0.3 is 0 Å². The van der Waals surface area contributed by atoms with Gasteiger partial charge in [0.2, 0.25) is 0 Å². The lowest BCUT2D eigenvalue weighted by Gasteiger charge is -1.98. The lowest BCUT2D eigenvalue weighted by Crippen LogP contribution is -1.90. The second-order valence-electron chi connectivity index (χ2n) is 2.27. The number of rotatable bonds is 1. The molecule has 0 saturated heterocycles. The fourth-order valence-electron chi connectivity index (χ4n) is 1.21.